The number of para-hydroxylation sites is 1. The van der Waals surface area contributed by atoms with E-state index in [1.54, 1.807) is 24.3 Å². The Kier molecular flexibility index (Phi) is 8.20. The van der Waals surface area contributed by atoms with Crippen LogP contribution in [0.3, 0.4) is 0 Å². The third-order valence-electron chi connectivity index (χ3n) is 5.40. The molecule has 2 aromatic carbocycles. The smallest absolute Gasteiger partial charge is 0.255 e. The second-order valence-corrected chi connectivity index (χ2v) is 8.37. The van der Waals surface area contributed by atoms with Gasteiger partial charge in [0, 0.05) is 24.2 Å². The van der Waals surface area contributed by atoms with Crippen LogP contribution in [0.1, 0.15) is 48.0 Å². The van der Waals surface area contributed by atoms with Crippen LogP contribution < -0.4 is 10.6 Å². The Labute approximate surface area is 193 Å². The van der Waals surface area contributed by atoms with Crippen molar-refractivity contribution in [3.63, 3.8) is 0 Å². The van der Waals surface area contributed by atoms with Crippen molar-refractivity contribution in [3.05, 3.63) is 70.8 Å². The molecule has 3 rings (SSSR count). The molecule has 2 N–H and O–H groups in total. The van der Waals surface area contributed by atoms with Crippen molar-refractivity contribution in [2.75, 3.05) is 12.4 Å². The van der Waals surface area contributed by atoms with Crippen molar-refractivity contribution >= 4 is 52.5 Å². The Hall–Kier alpha value is -2.70. The van der Waals surface area contributed by atoms with Gasteiger partial charge >= 0.3 is 0 Å². The number of carbonyl (C=O) groups is 2. The zero-order valence-corrected chi connectivity index (χ0v) is 19.0. The van der Waals surface area contributed by atoms with E-state index in [2.05, 4.69) is 10.6 Å². The molecule has 2 amide bonds. The van der Waals surface area contributed by atoms with Crippen molar-refractivity contribution in [2.24, 2.45) is 0 Å². The lowest BCUT2D eigenvalue weighted by Gasteiger charge is -2.31. The second-order valence-electron chi connectivity index (χ2n) is 7.55. The summed E-state index contributed by atoms with van der Waals surface area (Å²) in [6, 6.07) is 14.7. The van der Waals surface area contributed by atoms with Crippen LogP contribution in [0, 0.1) is 0 Å². The van der Waals surface area contributed by atoms with E-state index in [1.165, 1.54) is 12.5 Å². The third-order valence-corrected chi connectivity index (χ3v) is 5.95. The highest BCUT2D eigenvalue weighted by Crippen LogP contribution is 2.25. The lowest BCUT2D eigenvalue weighted by molar-refractivity contribution is -0.115. The van der Waals surface area contributed by atoms with Crippen LogP contribution in [0.15, 0.2) is 54.6 Å². The summed E-state index contributed by atoms with van der Waals surface area (Å²) >= 11 is 11.4. The highest BCUT2D eigenvalue weighted by molar-refractivity contribution is 7.80. The minimum Gasteiger partial charge on any atom is -0.339 e. The van der Waals surface area contributed by atoms with Gasteiger partial charge in [0.05, 0.1) is 11.3 Å². The molecule has 0 heterocycles. The summed E-state index contributed by atoms with van der Waals surface area (Å²) in [7, 11) is 1.86. The number of amides is 2. The molecule has 0 atom stereocenters. The van der Waals surface area contributed by atoms with E-state index in [0.29, 0.717) is 16.3 Å². The van der Waals surface area contributed by atoms with Gasteiger partial charge < -0.3 is 10.2 Å². The Balaban J connectivity index is 1.63. The van der Waals surface area contributed by atoms with E-state index < -0.39 is 0 Å². The standard InChI is InChI=1S/C24H26ClN3O2S/c1-28(18-10-3-2-4-11-18)23(30)19-12-6-8-14-21(19)26-24(31)27-22(29)16-15-17-9-5-7-13-20(17)25/h5-9,12-16,18H,2-4,10-11H2,1H3,(H2,26,27,29,31)/b16-15+. The fraction of sp³-hybridized carbons (Fsp3) is 0.292. The number of rotatable bonds is 5. The van der Waals surface area contributed by atoms with Gasteiger partial charge in [-0.15, -0.1) is 0 Å². The highest BCUT2D eigenvalue weighted by Gasteiger charge is 2.24. The molecule has 162 valence electrons. The normalized spacial score (nSPS) is 14.3. The van der Waals surface area contributed by atoms with Crippen LogP contribution in [0.4, 0.5) is 5.69 Å². The van der Waals surface area contributed by atoms with Crippen LogP contribution >= 0.6 is 23.8 Å². The lowest BCUT2D eigenvalue weighted by Crippen LogP contribution is -2.39. The molecule has 1 aliphatic carbocycles. The van der Waals surface area contributed by atoms with Crippen molar-refractivity contribution in [1.29, 1.82) is 0 Å². The van der Waals surface area contributed by atoms with Crippen LogP contribution in [-0.2, 0) is 4.79 Å². The van der Waals surface area contributed by atoms with Gasteiger partial charge in [-0.05, 0) is 54.9 Å². The Bertz CT molecular complexity index is 986. The van der Waals surface area contributed by atoms with Gasteiger partial charge in [-0.3, -0.25) is 14.9 Å². The van der Waals surface area contributed by atoms with Crippen molar-refractivity contribution < 1.29 is 9.59 Å². The summed E-state index contributed by atoms with van der Waals surface area (Å²) in [4.78, 5) is 27.1. The number of nitrogens with zero attached hydrogens (tertiary/aromatic N) is 1. The molecular formula is C24H26ClN3O2S. The fourth-order valence-corrected chi connectivity index (χ4v) is 4.09. The summed E-state index contributed by atoms with van der Waals surface area (Å²) in [5.41, 5.74) is 1.83. The zero-order chi connectivity index (χ0) is 22.2. The molecule has 0 aliphatic heterocycles. The monoisotopic (exact) mass is 455 g/mol. The molecule has 31 heavy (non-hydrogen) atoms. The van der Waals surface area contributed by atoms with Crippen molar-refractivity contribution in [3.8, 4) is 0 Å². The maximum Gasteiger partial charge on any atom is 0.255 e. The molecule has 1 fully saturated rings. The average Bonchev–Trinajstić information content (AvgIpc) is 2.78. The number of hydrogen-bond donors (Lipinski definition) is 2. The molecule has 2 aromatic rings. The van der Waals surface area contributed by atoms with E-state index in [-0.39, 0.29) is 23.0 Å². The lowest BCUT2D eigenvalue weighted by atomic mass is 9.94. The van der Waals surface area contributed by atoms with Crippen molar-refractivity contribution in [2.45, 2.75) is 38.1 Å². The third kappa shape index (κ3) is 6.39. The molecule has 1 aliphatic rings. The Morgan fingerprint density at radius 1 is 1.06 bits per heavy atom. The Morgan fingerprint density at radius 2 is 1.74 bits per heavy atom. The summed E-state index contributed by atoms with van der Waals surface area (Å²) < 4.78 is 0. The first-order valence-electron chi connectivity index (χ1n) is 10.4. The van der Waals surface area contributed by atoms with E-state index in [0.717, 1.165) is 31.2 Å². The summed E-state index contributed by atoms with van der Waals surface area (Å²) in [6.45, 7) is 0. The first-order chi connectivity index (χ1) is 15.0. The number of hydrogen-bond acceptors (Lipinski definition) is 3. The largest absolute Gasteiger partial charge is 0.339 e. The zero-order valence-electron chi connectivity index (χ0n) is 17.4. The van der Waals surface area contributed by atoms with E-state index in [4.69, 9.17) is 23.8 Å². The first-order valence-corrected chi connectivity index (χ1v) is 11.1. The molecule has 0 saturated heterocycles. The van der Waals surface area contributed by atoms with Crippen LogP contribution in [0.5, 0.6) is 0 Å². The highest BCUT2D eigenvalue weighted by atomic mass is 35.5. The van der Waals surface area contributed by atoms with Crippen LogP contribution in [0.25, 0.3) is 6.08 Å². The molecule has 0 spiro atoms. The topological polar surface area (TPSA) is 61.4 Å². The van der Waals surface area contributed by atoms with E-state index in [1.807, 2.05) is 42.3 Å². The summed E-state index contributed by atoms with van der Waals surface area (Å²) in [5.74, 6) is -0.441. The van der Waals surface area contributed by atoms with Crippen LogP contribution in [0.2, 0.25) is 5.02 Å². The molecule has 7 heteroatoms. The maximum absolute atomic E-state index is 13.1. The molecule has 1 saturated carbocycles. The van der Waals surface area contributed by atoms with Gasteiger partial charge in [0.25, 0.3) is 5.91 Å². The van der Waals surface area contributed by atoms with E-state index in [9.17, 15) is 9.59 Å². The van der Waals surface area contributed by atoms with Gasteiger partial charge in [0.1, 0.15) is 0 Å². The quantitative estimate of drug-likeness (QED) is 0.476. The number of anilines is 1. The molecule has 0 aromatic heterocycles. The minimum absolute atomic E-state index is 0.0530. The molecule has 0 radical (unpaired) electrons. The maximum atomic E-state index is 13.1. The predicted octanol–water partition coefficient (Wildman–Crippen LogP) is 5.27. The van der Waals surface area contributed by atoms with Gasteiger partial charge in [0.15, 0.2) is 5.11 Å². The van der Waals surface area contributed by atoms with Crippen LogP contribution in [-0.4, -0.2) is 34.9 Å². The first kappa shape index (κ1) is 23.0. The van der Waals surface area contributed by atoms with Gasteiger partial charge in [-0.2, -0.15) is 0 Å². The Morgan fingerprint density at radius 3 is 2.48 bits per heavy atom. The molecule has 0 unspecified atom stereocenters. The number of nitrogens with one attached hydrogen (secondary N) is 2. The minimum atomic E-state index is -0.388. The fourth-order valence-electron chi connectivity index (χ4n) is 3.69. The average molecular weight is 456 g/mol. The predicted molar refractivity (Wildman–Crippen MR) is 130 cm³/mol. The van der Waals surface area contributed by atoms with Gasteiger partial charge in [-0.1, -0.05) is 61.2 Å². The van der Waals surface area contributed by atoms with E-state index >= 15 is 0 Å². The number of thiocarbonyl (C=S) groups is 1. The van der Waals surface area contributed by atoms with Crippen molar-refractivity contribution in [1.82, 2.24) is 10.2 Å². The second kappa shape index (κ2) is 11.1. The number of halogens is 1. The summed E-state index contributed by atoms with van der Waals surface area (Å²) in [5, 5.41) is 6.26. The SMILES string of the molecule is CN(C(=O)c1ccccc1NC(=S)NC(=O)/C=C/c1ccccc1Cl)C1CCCCC1. The summed E-state index contributed by atoms with van der Waals surface area (Å²) in [6.07, 6.45) is 8.59. The molecular weight excluding hydrogens is 430 g/mol. The molecule has 5 nitrogen and oxygen atoms in total. The molecule has 0 bridgehead atoms. The van der Waals surface area contributed by atoms with Gasteiger partial charge in [0.2, 0.25) is 5.91 Å². The number of carbonyl (C=O) groups excluding carboxylic acids is 2. The number of benzene rings is 2. The van der Waals surface area contributed by atoms with Gasteiger partial charge in [-0.25, -0.2) is 0 Å².